The van der Waals surface area contributed by atoms with Gasteiger partial charge in [-0.1, -0.05) is 38.3 Å². The van der Waals surface area contributed by atoms with Crippen LogP contribution in [0, 0.1) is 5.92 Å². The molecule has 1 N–H and O–H groups in total. The van der Waals surface area contributed by atoms with Crippen molar-refractivity contribution in [2.45, 2.75) is 33.1 Å². The van der Waals surface area contributed by atoms with Crippen molar-refractivity contribution in [1.82, 2.24) is 5.32 Å². The van der Waals surface area contributed by atoms with Gasteiger partial charge >= 0.3 is 0 Å². The highest BCUT2D eigenvalue weighted by atomic mass is 35.5. The minimum Gasteiger partial charge on any atom is -0.316 e. The SMILES string of the molecule is CCC(CC)CNCCc1ccc(Cl)s1. The maximum atomic E-state index is 5.87. The third-order valence-corrected chi connectivity index (χ3v) is 4.06. The highest BCUT2D eigenvalue weighted by Gasteiger charge is 2.02. The Morgan fingerprint density at radius 2 is 2.07 bits per heavy atom. The zero-order valence-electron chi connectivity index (χ0n) is 9.55. The van der Waals surface area contributed by atoms with Gasteiger partial charge in [-0.2, -0.15) is 0 Å². The summed E-state index contributed by atoms with van der Waals surface area (Å²) in [5, 5.41) is 3.51. The van der Waals surface area contributed by atoms with Crippen molar-refractivity contribution in [2.24, 2.45) is 5.92 Å². The molecule has 1 rings (SSSR count). The van der Waals surface area contributed by atoms with Gasteiger partial charge in [0.05, 0.1) is 4.34 Å². The normalized spacial score (nSPS) is 11.2. The highest BCUT2D eigenvalue weighted by Crippen LogP contribution is 2.21. The van der Waals surface area contributed by atoms with Crippen molar-refractivity contribution < 1.29 is 0 Å². The van der Waals surface area contributed by atoms with E-state index in [0.29, 0.717) is 0 Å². The summed E-state index contributed by atoms with van der Waals surface area (Å²) in [5.41, 5.74) is 0. The number of nitrogens with one attached hydrogen (secondary N) is 1. The molecule has 0 spiro atoms. The molecule has 1 heterocycles. The largest absolute Gasteiger partial charge is 0.316 e. The van der Waals surface area contributed by atoms with Crippen molar-refractivity contribution in [2.75, 3.05) is 13.1 Å². The first-order valence-electron chi connectivity index (χ1n) is 5.71. The van der Waals surface area contributed by atoms with Crippen LogP contribution < -0.4 is 5.32 Å². The Bertz CT molecular complexity index is 268. The number of hydrogen-bond acceptors (Lipinski definition) is 2. The lowest BCUT2D eigenvalue weighted by molar-refractivity contribution is 0.452. The van der Waals surface area contributed by atoms with Gasteiger partial charge < -0.3 is 5.32 Å². The fourth-order valence-corrected chi connectivity index (χ4v) is 2.67. The van der Waals surface area contributed by atoms with E-state index in [0.717, 1.165) is 29.8 Å². The molecule has 86 valence electrons. The minimum absolute atomic E-state index is 0.830. The maximum absolute atomic E-state index is 5.87. The molecule has 0 aliphatic carbocycles. The van der Waals surface area contributed by atoms with E-state index in [9.17, 15) is 0 Å². The summed E-state index contributed by atoms with van der Waals surface area (Å²) in [6, 6.07) is 4.09. The first kappa shape index (κ1) is 13.0. The van der Waals surface area contributed by atoms with Gasteiger partial charge in [-0.05, 0) is 37.6 Å². The Labute approximate surface area is 102 Å². The summed E-state index contributed by atoms with van der Waals surface area (Å²) in [4.78, 5) is 1.37. The van der Waals surface area contributed by atoms with Crippen molar-refractivity contribution in [3.63, 3.8) is 0 Å². The summed E-state index contributed by atoms with van der Waals surface area (Å²) < 4.78 is 0.894. The Kier molecular flexibility index (Phi) is 6.30. The predicted molar refractivity (Wildman–Crippen MR) is 70.0 cm³/mol. The van der Waals surface area contributed by atoms with E-state index in [1.807, 2.05) is 6.07 Å². The van der Waals surface area contributed by atoms with Crippen molar-refractivity contribution in [3.8, 4) is 0 Å². The Morgan fingerprint density at radius 1 is 1.33 bits per heavy atom. The zero-order valence-corrected chi connectivity index (χ0v) is 11.1. The molecular formula is C12H20ClNS. The lowest BCUT2D eigenvalue weighted by Crippen LogP contribution is -2.24. The van der Waals surface area contributed by atoms with Gasteiger partial charge in [0.15, 0.2) is 0 Å². The van der Waals surface area contributed by atoms with Crippen LogP contribution in [0.1, 0.15) is 31.6 Å². The third kappa shape index (κ3) is 5.01. The molecule has 0 aliphatic rings. The zero-order chi connectivity index (χ0) is 11.1. The molecule has 1 aromatic heterocycles. The molecule has 1 aromatic rings. The van der Waals surface area contributed by atoms with Crippen LogP contribution in [-0.2, 0) is 6.42 Å². The lowest BCUT2D eigenvalue weighted by atomic mass is 10.0. The molecule has 0 atom stereocenters. The minimum atomic E-state index is 0.830. The Hall–Kier alpha value is -0.0500. The number of hydrogen-bond donors (Lipinski definition) is 1. The van der Waals surface area contributed by atoms with E-state index in [4.69, 9.17) is 11.6 Å². The van der Waals surface area contributed by atoms with Crippen molar-refractivity contribution in [3.05, 3.63) is 21.3 Å². The molecule has 0 fully saturated rings. The van der Waals surface area contributed by atoms with E-state index in [1.54, 1.807) is 11.3 Å². The van der Waals surface area contributed by atoms with Crippen LogP contribution in [0.25, 0.3) is 0 Å². The summed E-state index contributed by atoms with van der Waals surface area (Å²) in [7, 11) is 0. The highest BCUT2D eigenvalue weighted by molar-refractivity contribution is 7.16. The van der Waals surface area contributed by atoms with Crippen molar-refractivity contribution in [1.29, 1.82) is 0 Å². The number of thiophene rings is 1. The Morgan fingerprint density at radius 3 is 2.60 bits per heavy atom. The lowest BCUT2D eigenvalue weighted by Gasteiger charge is -2.12. The second-order valence-corrected chi connectivity index (χ2v) is 5.64. The molecule has 3 heteroatoms. The molecule has 0 saturated carbocycles. The molecule has 0 bridgehead atoms. The Balaban J connectivity index is 2.11. The molecule has 0 saturated heterocycles. The summed E-state index contributed by atoms with van der Waals surface area (Å²) in [6.45, 7) is 6.73. The van der Waals surface area contributed by atoms with E-state index < -0.39 is 0 Å². The first-order valence-corrected chi connectivity index (χ1v) is 6.90. The molecular weight excluding hydrogens is 226 g/mol. The smallest absolute Gasteiger partial charge is 0.0931 e. The fraction of sp³-hybridized carbons (Fsp3) is 0.667. The molecule has 0 aromatic carbocycles. The van der Waals surface area contributed by atoms with Crippen LogP contribution >= 0.6 is 22.9 Å². The van der Waals surface area contributed by atoms with E-state index in [2.05, 4.69) is 25.2 Å². The van der Waals surface area contributed by atoms with Gasteiger partial charge in [0.2, 0.25) is 0 Å². The van der Waals surface area contributed by atoms with E-state index in [1.165, 1.54) is 17.7 Å². The van der Waals surface area contributed by atoms with Crippen LogP contribution in [0.4, 0.5) is 0 Å². The maximum Gasteiger partial charge on any atom is 0.0931 e. The van der Waals surface area contributed by atoms with Crippen LogP contribution in [0.2, 0.25) is 4.34 Å². The second kappa shape index (κ2) is 7.26. The topological polar surface area (TPSA) is 12.0 Å². The average molecular weight is 246 g/mol. The van der Waals surface area contributed by atoms with Crippen LogP contribution in [0.5, 0.6) is 0 Å². The standard InChI is InChI=1S/C12H20ClNS/c1-3-10(4-2)9-14-8-7-11-5-6-12(13)15-11/h5-6,10,14H,3-4,7-9H2,1-2H3. The monoisotopic (exact) mass is 245 g/mol. The van der Waals surface area contributed by atoms with Gasteiger partial charge in [0.25, 0.3) is 0 Å². The van der Waals surface area contributed by atoms with Gasteiger partial charge in [0.1, 0.15) is 0 Å². The predicted octanol–water partition coefficient (Wildman–Crippen LogP) is 3.97. The summed E-state index contributed by atoms with van der Waals surface area (Å²) in [5.74, 6) is 0.830. The van der Waals surface area contributed by atoms with Crippen LogP contribution in [0.3, 0.4) is 0 Å². The van der Waals surface area contributed by atoms with Gasteiger partial charge in [-0.3, -0.25) is 0 Å². The molecule has 0 amide bonds. The second-order valence-electron chi connectivity index (χ2n) is 3.84. The van der Waals surface area contributed by atoms with Gasteiger partial charge in [-0.25, -0.2) is 0 Å². The summed E-state index contributed by atoms with van der Waals surface area (Å²) in [6.07, 6.45) is 3.64. The fourth-order valence-electron chi connectivity index (χ4n) is 1.58. The molecule has 0 unspecified atom stereocenters. The van der Waals surface area contributed by atoms with E-state index >= 15 is 0 Å². The number of rotatable bonds is 7. The average Bonchev–Trinajstić information content (AvgIpc) is 2.65. The van der Waals surface area contributed by atoms with Crippen LogP contribution in [-0.4, -0.2) is 13.1 Å². The molecule has 1 nitrogen and oxygen atoms in total. The first-order chi connectivity index (χ1) is 7.26. The van der Waals surface area contributed by atoms with Gasteiger partial charge in [-0.15, -0.1) is 11.3 Å². The quantitative estimate of drug-likeness (QED) is 0.717. The van der Waals surface area contributed by atoms with E-state index in [-0.39, 0.29) is 0 Å². The van der Waals surface area contributed by atoms with Gasteiger partial charge in [0, 0.05) is 4.88 Å². The molecule has 0 aliphatic heterocycles. The van der Waals surface area contributed by atoms with Crippen LogP contribution in [0.15, 0.2) is 12.1 Å². The van der Waals surface area contributed by atoms with Crippen molar-refractivity contribution >= 4 is 22.9 Å². The third-order valence-electron chi connectivity index (χ3n) is 2.76. The molecule has 0 radical (unpaired) electrons. The number of halogens is 1. The molecule has 15 heavy (non-hydrogen) atoms. The summed E-state index contributed by atoms with van der Waals surface area (Å²) >= 11 is 7.55.